The van der Waals surface area contributed by atoms with E-state index in [9.17, 15) is 0 Å². The number of ether oxygens (including phenoxy) is 3. The average Bonchev–Trinajstić information content (AvgIpc) is 3.10. The van der Waals surface area contributed by atoms with Crippen LogP contribution >= 0.6 is 11.3 Å². The van der Waals surface area contributed by atoms with Gasteiger partial charge in [-0.2, -0.15) is 0 Å². The maximum absolute atomic E-state index is 5.44. The molecule has 1 aromatic carbocycles. The number of benzene rings is 1. The van der Waals surface area contributed by atoms with Crippen LogP contribution in [0.15, 0.2) is 18.5 Å². The fourth-order valence-corrected chi connectivity index (χ4v) is 4.57. The summed E-state index contributed by atoms with van der Waals surface area (Å²) in [4.78, 5) is 11.3. The van der Waals surface area contributed by atoms with E-state index in [0.29, 0.717) is 23.8 Å². The van der Waals surface area contributed by atoms with E-state index in [1.165, 1.54) is 10.4 Å². The second kappa shape index (κ2) is 7.58. The third kappa shape index (κ3) is 3.26. The lowest BCUT2D eigenvalue weighted by Crippen LogP contribution is -2.22. The molecular weight excluding hydrogens is 364 g/mol. The maximum atomic E-state index is 5.44. The molecule has 0 spiro atoms. The van der Waals surface area contributed by atoms with Gasteiger partial charge in [-0.3, -0.25) is 0 Å². The van der Waals surface area contributed by atoms with Crippen molar-refractivity contribution in [3.05, 3.63) is 34.5 Å². The van der Waals surface area contributed by atoms with Gasteiger partial charge >= 0.3 is 0 Å². The Bertz CT molecular complexity index is 948. The van der Waals surface area contributed by atoms with Crippen molar-refractivity contribution in [2.75, 3.05) is 33.2 Å². The number of anilines is 1. The lowest BCUT2D eigenvalue weighted by atomic mass is 10.1. The predicted octanol–water partition coefficient (Wildman–Crippen LogP) is 2.97. The summed E-state index contributed by atoms with van der Waals surface area (Å²) in [6.45, 7) is 2.48. The van der Waals surface area contributed by atoms with Crippen LogP contribution < -0.4 is 24.8 Å². The molecule has 142 valence electrons. The third-order valence-electron chi connectivity index (χ3n) is 4.69. The Labute approximate surface area is 161 Å². The highest BCUT2D eigenvalue weighted by atomic mass is 32.1. The summed E-state index contributed by atoms with van der Waals surface area (Å²) < 4.78 is 16.3. The highest BCUT2D eigenvalue weighted by molar-refractivity contribution is 7.18. The second-order valence-electron chi connectivity index (χ2n) is 6.22. The molecule has 0 amide bonds. The van der Waals surface area contributed by atoms with Gasteiger partial charge in [-0.05, 0) is 36.2 Å². The Kier molecular flexibility index (Phi) is 5.00. The first-order valence-corrected chi connectivity index (χ1v) is 9.55. The van der Waals surface area contributed by atoms with Gasteiger partial charge in [0, 0.05) is 18.0 Å². The fraction of sp³-hybridized carbons (Fsp3) is 0.368. The zero-order valence-electron chi connectivity index (χ0n) is 15.6. The number of fused-ring (bicyclic) bond motifs is 3. The minimum absolute atomic E-state index is 0.589. The topological polar surface area (TPSA) is 77.5 Å². The maximum Gasteiger partial charge on any atom is 0.203 e. The van der Waals surface area contributed by atoms with Gasteiger partial charge in [-0.15, -0.1) is 11.3 Å². The van der Waals surface area contributed by atoms with Crippen LogP contribution in [0, 0.1) is 0 Å². The van der Waals surface area contributed by atoms with Gasteiger partial charge < -0.3 is 24.8 Å². The minimum Gasteiger partial charge on any atom is -0.493 e. The summed E-state index contributed by atoms with van der Waals surface area (Å²) in [7, 11) is 4.84. The van der Waals surface area contributed by atoms with Crippen LogP contribution in [0.3, 0.4) is 0 Å². The van der Waals surface area contributed by atoms with Gasteiger partial charge in [-0.25, -0.2) is 9.97 Å². The van der Waals surface area contributed by atoms with Crippen molar-refractivity contribution in [2.45, 2.75) is 19.5 Å². The largest absolute Gasteiger partial charge is 0.493 e. The Hall–Kier alpha value is -2.58. The average molecular weight is 386 g/mol. The Morgan fingerprint density at radius 2 is 1.89 bits per heavy atom. The van der Waals surface area contributed by atoms with Crippen LogP contribution in [0.2, 0.25) is 0 Å². The van der Waals surface area contributed by atoms with Crippen molar-refractivity contribution >= 4 is 27.4 Å². The minimum atomic E-state index is 0.589. The number of hydrogen-bond acceptors (Lipinski definition) is 8. The van der Waals surface area contributed by atoms with E-state index in [1.54, 1.807) is 39.0 Å². The molecular formula is C19H22N4O3S. The van der Waals surface area contributed by atoms with Crippen LogP contribution in [-0.2, 0) is 19.5 Å². The molecule has 0 radical (unpaired) electrons. The molecule has 4 rings (SSSR count). The highest BCUT2D eigenvalue weighted by Gasteiger charge is 2.20. The highest BCUT2D eigenvalue weighted by Crippen LogP contribution is 2.39. The van der Waals surface area contributed by atoms with Gasteiger partial charge in [0.25, 0.3) is 0 Å². The summed E-state index contributed by atoms with van der Waals surface area (Å²) in [6.07, 6.45) is 2.62. The molecule has 2 N–H and O–H groups in total. The molecule has 1 aliphatic heterocycles. The molecule has 7 nitrogen and oxygen atoms in total. The Morgan fingerprint density at radius 3 is 2.59 bits per heavy atom. The monoisotopic (exact) mass is 386 g/mol. The Morgan fingerprint density at radius 1 is 1.11 bits per heavy atom. The second-order valence-corrected chi connectivity index (χ2v) is 7.30. The van der Waals surface area contributed by atoms with Crippen molar-refractivity contribution in [3.8, 4) is 17.2 Å². The molecule has 1 aliphatic rings. The molecule has 0 fully saturated rings. The summed E-state index contributed by atoms with van der Waals surface area (Å²) in [5, 5.41) is 8.03. The van der Waals surface area contributed by atoms with Gasteiger partial charge in [-0.1, -0.05) is 0 Å². The van der Waals surface area contributed by atoms with E-state index in [0.717, 1.165) is 41.1 Å². The van der Waals surface area contributed by atoms with Crippen molar-refractivity contribution in [2.24, 2.45) is 0 Å². The number of rotatable bonds is 6. The van der Waals surface area contributed by atoms with Crippen LogP contribution in [-0.4, -0.2) is 37.8 Å². The molecule has 2 aromatic heterocycles. The number of thiophene rings is 1. The lowest BCUT2D eigenvalue weighted by molar-refractivity contribution is 0.324. The summed E-state index contributed by atoms with van der Waals surface area (Å²) in [6, 6.07) is 3.89. The standard InChI is InChI=1S/C19H22N4O3S/c1-24-13-6-11(7-14(25-2)17(13)26-3)8-21-18-16-12-4-5-20-9-15(12)27-19(16)23-10-22-18/h6-7,10,20H,4-5,8-9H2,1-3H3,(H,21,22,23). The molecule has 3 aromatic rings. The molecule has 0 aliphatic carbocycles. The first-order valence-electron chi connectivity index (χ1n) is 8.73. The van der Waals surface area contributed by atoms with Crippen LogP contribution in [0.25, 0.3) is 10.2 Å². The molecule has 3 heterocycles. The molecule has 27 heavy (non-hydrogen) atoms. The molecule has 0 atom stereocenters. The Balaban J connectivity index is 1.65. The van der Waals surface area contributed by atoms with Gasteiger partial charge in [0.15, 0.2) is 11.5 Å². The van der Waals surface area contributed by atoms with E-state index >= 15 is 0 Å². The van der Waals surface area contributed by atoms with E-state index in [4.69, 9.17) is 14.2 Å². The lowest BCUT2D eigenvalue weighted by Gasteiger charge is -2.15. The third-order valence-corrected chi connectivity index (χ3v) is 5.83. The molecule has 0 saturated carbocycles. The van der Waals surface area contributed by atoms with E-state index < -0.39 is 0 Å². The quantitative estimate of drug-likeness (QED) is 0.674. The fourth-order valence-electron chi connectivity index (χ4n) is 3.42. The van der Waals surface area contributed by atoms with E-state index in [-0.39, 0.29) is 0 Å². The first kappa shape index (κ1) is 17.8. The van der Waals surface area contributed by atoms with Crippen molar-refractivity contribution < 1.29 is 14.2 Å². The first-order chi connectivity index (χ1) is 13.2. The number of hydrogen-bond donors (Lipinski definition) is 2. The summed E-state index contributed by atoms with van der Waals surface area (Å²) in [5.74, 6) is 2.74. The van der Waals surface area contributed by atoms with Crippen molar-refractivity contribution in [1.82, 2.24) is 15.3 Å². The van der Waals surface area contributed by atoms with Crippen molar-refractivity contribution in [3.63, 3.8) is 0 Å². The van der Waals surface area contributed by atoms with E-state index in [2.05, 4.69) is 20.6 Å². The van der Waals surface area contributed by atoms with Crippen LogP contribution in [0.4, 0.5) is 5.82 Å². The molecule has 0 saturated heterocycles. The number of nitrogens with one attached hydrogen (secondary N) is 2. The van der Waals surface area contributed by atoms with Gasteiger partial charge in [0.2, 0.25) is 5.75 Å². The molecule has 0 unspecified atom stereocenters. The van der Waals surface area contributed by atoms with E-state index in [1.807, 2.05) is 12.1 Å². The number of methoxy groups -OCH3 is 3. The summed E-state index contributed by atoms with van der Waals surface area (Å²) >= 11 is 1.74. The van der Waals surface area contributed by atoms with Crippen LogP contribution in [0.5, 0.6) is 17.2 Å². The SMILES string of the molecule is COc1cc(CNc2ncnc3sc4c(c23)CCNC4)cc(OC)c1OC. The molecule has 0 bridgehead atoms. The normalized spacial score (nSPS) is 13.3. The predicted molar refractivity (Wildman–Crippen MR) is 106 cm³/mol. The smallest absolute Gasteiger partial charge is 0.203 e. The van der Waals surface area contributed by atoms with Crippen LogP contribution in [0.1, 0.15) is 16.0 Å². The number of aromatic nitrogens is 2. The van der Waals surface area contributed by atoms with Crippen molar-refractivity contribution in [1.29, 1.82) is 0 Å². The molecule has 8 heteroatoms. The number of nitrogens with zero attached hydrogens (tertiary/aromatic N) is 2. The summed E-state index contributed by atoms with van der Waals surface area (Å²) in [5.41, 5.74) is 2.38. The zero-order valence-corrected chi connectivity index (χ0v) is 16.4. The van der Waals surface area contributed by atoms with Gasteiger partial charge in [0.1, 0.15) is 17.0 Å². The zero-order chi connectivity index (χ0) is 18.8. The van der Waals surface area contributed by atoms with Gasteiger partial charge in [0.05, 0.1) is 26.7 Å².